The highest BCUT2D eigenvalue weighted by Crippen LogP contribution is 2.24. The van der Waals surface area contributed by atoms with Crippen LogP contribution in [0.3, 0.4) is 0 Å². The highest BCUT2D eigenvalue weighted by atomic mass is 32.2. The number of sulfonamides is 1. The SMILES string of the molecule is Cc1ccc(S(=O)(=O)NC2CC2)cc1C(=O)NCC(c1cccs1)N(C)C. The fourth-order valence-electron chi connectivity index (χ4n) is 2.80. The molecule has 0 aliphatic heterocycles. The van der Waals surface area contributed by atoms with Crippen molar-refractivity contribution in [1.29, 1.82) is 0 Å². The van der Waals surface area contributed by atoms with Crippen molar-refractivity contribution < 1.29 is 13.2 Å². The van der Waals surface area contributed by atoms with Gasteiger partial charge in [0, 0.05) is 23.0 Å². The Morgan fingerprint density at radius 1 is 1.30 bits per heavy atom. The number of aryl methyl sites for hydroxylation is 1. The van der Waals surface area contributed by atoms with Crippen LogP contribution in [0.4, 0.5) is 0 Å². The smallest absolute Gasteiger partial charge is 0.251 e. The molecule has 1 aliphatic carbocycles. The fourth-order valence-corrected chi connectivity index (χ4v) is 5.06. The number of hydrogen-bond donors (Lipinski definition) is 2. The summed E-state index contributed by atoms with van der Waals surface area (Å²) >= 11 is 1.65. The van der Waals surface area contributed by atoms with Gasteiger partial charge < -0.3 is 10.2 Å². The lowest BCUT2D eigenvalue weighted by molar-refractivity contribution is 0.0941. The molecule has 146 valence electrons. The van der Waals surface area contributed by atoms with Gasteiger partial charge in [-0.05, 0) is 63.0 Å². The van der Waals surface area contributed by atoms with E-state index in [0.29, 0.717) is 12.1 Å². The van der Waals surface area contributed by atoms with E-state index in [4.69, 9.17) is 0 Å². The third-order valence-electron chi connectivity index (χ3n) is 4.61. The van der Waals surface area contributed by atoms with Crippen LogP contribution in [0.25, 0.3) is 0 Å². The molecule has 0 bridgehead atoms. The van der Waals surface area contributed by atoms with Crippen molar-refractivity contribution in [1.82, 2.24) is 14.9 Å². The summed E-state index contributed by atoms with van der Waals surface area (Å²) in [7, 11) is 0.355. The van der Waals surface area contributed by atoms with Gasteiger partial charge in [-0.15, -0.1) is 11.3 Å². The molecular weight excluding hydrogens is 382 g/mol. The molecule has 1 aromatic carbocycles. The topological polar surface area (TPSA) is 78.5 Å². The maximum atomic E-state index is 12.7. The second kappa shape index (κ2) is 8.10. The number of benzene rings is 1. The predicted molar refractivity (Wildman–Crippen MR) is 108 cm³/mol. The van der Waals surface area contributed by atoms with E-state index < -0.39 is 10.0 Å². The van der Waals surface area contributed by atoms with Gasteiger partial charge in [0.05, 0.1) is 10.9 Å². The number of rotatable bonds is 8. The summed E-state index contributed by atoms with van der Waals surface area (Å²) in [6.07, 6.45) is 1.74. The Hall–Kier alpha value is -1.74. The first kappa shape index (κ1) is 20.0. The zero-order valence-electron chi connectivity index (χ0n) is 15.7. The number of amides is 1. The van der Waals surface area contributed by atoms with E-state index in [1.807, 2.05) is 38.5 Å². The van der Waals surface area contributed by atoms with Crippen LogP contribution in [0, 0.1) is 6.92 Å². The van der Waals surface area contributed by atoms with Gasteiger partial charge >= 0.3 is 0 Å². The first-order chi connectivity index (χ1) is 12.8. The van der Waals surface area contributed by atoms with Crippen LogP contribution in [0.5, 0.6) is 0 Å². The van der Waals surface area contributed by atoms with Crippen molar-refractivity contribution in [3.05, 3.63) is 51.7 Å². The molecule has 1 aliphatic rings. The van der Waals surface area contributed by atoms with Gasteiger partial charge in [-0.25, -0.2) is 13.1 Å². The molecule has 27 heavy (non-hydrogen) atoms. The lowest BCUT2D eigenvalue weighted by Gasteiger charge is -2.23. The summed E-state index contributed by atoms with van der Waals surface area (Å²) in [6.45, 7) is 2.26. The van der Waals surface area contributed by atoms with Gasteiger partial charge in [0.25, 0.3) is 5.91 Å². The summed E-state index contributed by atoms with van der Waals surface area (Å²) in [5, 5.41) is 4.97. The van der Waals surface area contributed by atoms with Crippen molar-refractivity contribution in [2.24, 2.45) is 0 Å². The third-order valence-corrected chi connectivity index (χ3v) is 7.11. The number of hydrogen-bond acceptors (Lipinski definition) is 5. The van der Waals surface area contributed by atoms with Gasteiger partial charge in [-0.1, -0.05) is 12.1 Å². The second-order valence-corrected chi connectivity index (χ2v) is 9.77. The Morgan fingerprint density at radius 3 is 2.63 bits per heavy atom. The first-order valence-corrected chi connectivity index (χ1v) is 11.2. The number of nitrogens with one attached hydrogen (secondary N) is 2. The van der Waals surface area contributed by atoms with Crippen molar-refractivity contribution in [2.45, 2.75) is 36.7 Å². The van der Waals surface area contributed by atoms with Gasteiger partial charge in [-0.3, -0.25) is 4.79 Å². The number of nitrogens with zero attached hydrogens (tertiary/aromatic N) is 1. The fraction of sp³-hybridized carbons (Fsp3) is 0.421. The minimum absolute atomic E-state index is 0.0280. The van der Waals surface area contributed by atoms with E-state index in [1.54, 1.807) is 23.5 Å². The number of carbonyl (C=O) groups excluding carboxylic acids is 1. The average Bonchev–Trinajstić information content (AvgIpc) is 3.24. The van der Waals surface area contributed by atoms with Crippen molar-refractivity contribution in [2.75, 3.05) is 20.6 Å². The van der Waals surface area contributed by atoms with Gasteiger partial charge in [0.1, 0.15) is 0 Å². The van der Waals surface area contributed by atoms with Gasteiger partial charge in [0.15, 0.2) is 0 Å². The van der Waals surface area contributed by atoms with E-state index in [-0.39, 0.29) is 22.9 Å². The monoisotopic (exact) mass is 407 g/mol. The quantitative estimate of drug-likeness (QED) is 0.705. The van der Waals surface area contributed by atoms with Gasteiger partial charge in [-0.2, -0.15) is 0 Å². The van der Waals surface area contributed by atoms with Crippen molar-refractivity contribution in [3.8, 4) is 0 Å². The average molecular weight is 408 g/mol. The Morgan fingerprint density at radius 2 is 2.04 bits per heavy atom. The van der Waals surface area contributed by atoms with Crippen LogP contribution in [-0.2, 0) is 10.0 Å². The Bertz CT molecular complexity index is 904. The molecule has 1 atom stereocenters. The molecule has 3 rings (SSSR count). The lowest BCUT2D eigenvalue weighted by atomic mass is 10.1. The molecule has 6 nitrogen and oxygen atoms in total. The summed E-state index contributed by atoms with van der Waals surface area (Å²) in [5.74, 6) is -0.264. The van der Waals surface area contributed by atoms with E-state index in [9.17, 15) is 13.2 Å². The van der Waals surface area contributed by atoms with Gasteiger partial charge in [0.2, 0.25) is 10.0 Å². The molecule has 1 fully saturated rings. The Labute approximate surface area is 164 Å². The number of thiophene rings is 1. The maximum Gasteiger partial charge on any atom is 0.251 e. The molecule has 1 unspecified atom stereocenters. The normalized spacial score (nSPS) is 15.7. The maximum absolute atomic E-state index is 12.7. The summed E-state index contributed by atoms with van der Waals surface area (Å²) < 4.78 is 27.5. The molecule has 0 saturated heterocycles. The highest BCUT2D eigenvalue weighted by Gasteiger charge is 2.28. The van der Waals surface area contributed by atoms with Crippen LogP contribution < -0.4 is 10.0 Å². The van der Waals surface area contributed by atoms with Crippen LogP contribution in [0.2, 0.25) is 0 Å². The molecule has 8 heteroatoms. The summed E-state index contributed by atoms with van der Waals surface area (Å²) in [4.78, 5) is 16.1. The molecule has 1 aromatic heterocycles. The minimum Gasteiger partial charge on any atom is -0.350 e. The molecular formula is C19H25N3O3S2. The minimum atomic E-state index is -3.59. The number of carbonyl (C=O) groups is 1. The lowest BCUT2D eigenvalue weighted by Crippen LogP contribution is -2.34. The summed E-state index contributed by atoms with van der Waals surface area (Å²) in [6, 6.07) is 8.82. The van der Waals surface area contributed by atoms with Crippen LogP contribution in [-0.4, -0.2) is 45.9 Å². The third kappa shape index (κ3) is 4.95. The first-order valence-electron chi connectivity index (χ1n) is 8.89. The molecule has 1 amide bonds. The van der Waals surface area contributed by atoms with Crippen molar-refractivity contribution in [3.63, 3.8) is 0 Å². The summed E-state index contributed by atoms with van der Waals surface area (Å²) in [5.41, 5.74) is 1.13. The zero-order chi connectivity index (χ0) is 19.6. The standard InChI is InChI=1S/C19H25N3O3S2/c1-13-6-9-15(27(24,25)21-14-7-8-14)11-16(13)19(23)20-12-17(22(2)3)18-5-4-10-26-18/h4-6,9-11,14,17,21H,7-8,12H2,1-3H3,(H,20,23). The highest BCUT2D eigenvalue weighted by molar-refractivity contribution is 7.89. The van der Waals surface area contributed by atoms with Crippen LogP contribution in [0.15, 0.2) is 40.6 Å². The molecule has 0 radical (unpaired) electrons. The zero-order valence-corrected chi connectivity index (χ0v) is 17.4. The van der Waals surface area contributed by atoms with Crippen LogP contribution >= 0.6 is 11.3 Å². The Kier molecular flexibility index (Phi) is 6.00. The van der Waals surface area contributed by atoms with E-state index in [1.165, 1.54) is 10.9 Å². The molecule has 2 N–H and O–H groups in total. The van der Waals surface area contributed by atoms with Crippen molar-refractivity contribution >= 4 is 27.3 Å². The number of likely N-dealkylation sites (N-methyl/N-ethyl adjacent to an activating group) is 1. The Balaban J connectivity index is 1.75. The largest absolute Gasteiger partial charge is 0.350 e. The van der Waals surface area contributed by atoms with E-state index in [2.05, 4.69) is 14.9 Å². The molecule has 2 aromatic rings. The molecule has 1 heterocycles. The molecule has 0 spiro atoms. The van der Waals surface area contributed by atoms with Crippen LogP contribution in [0.1, 0.15) is 39.7 Å². The second-order valence-electron chi connectivity index (χ2n) is 7.08. The predicted octanol–water partition coefficient (Wildman–Crippen LogP) is 2.53. The molecule has 1 saturated carbocycles. The van der Waals surface area contributed by atoms with E-state index in [0.717, 1.165) is 18.4 Å². The van der Waals surface area contributed by atoms with E-state index >= 15 is 0 Å².